The molecule has 0 amide bonds. The molecule has 1 aromatic carbocycles. The van der Waals surface area contributed by atoms with Crippen LogP contribution in [0.5, 0.6) is 0 Å². The summed E-state index contributed by atoms with van der Waals surface area (Å²) in [6.45, 7) is 3.79. The van der Waals surface area contributed by atoms with Gasteiger partial charge in [0, 0.05) is 30.1 Å². The Kier molecular flexibility index (Phi) is 3.30. The second-order valence-corrected chi connectivity index (χ2v) is 7.24. The lowest BCUT2D eigenvalue weighted by Gasteiger charge is -2.32. The summed E-state index contributed by atoms with van der Waals surface area (Å²) in [6, 6.07) is 10.5. The molecule has 3 aliphatic heterocycles. The summed E-state index contributed by atoms with van der Waals surface area (Å²) in [5, 5.41) is 3.73. The van der Waals surface area contributed by atoms with Crippen molar-refractivity contribution >= 4 is 11.8 Å². The number of benzene rings is 1. The molecule has 0 saturated carbocycles. The van der Waals surface area contributed by atoms with E-state index in [1.807, 2.05) is 11.8 Å². The molecule has 0 aliphatic carbocycles. The van der Waals surface area contributed by atoms with Crippen LogP contribution in [0.1, 0.15) is 30.9 Å². The zero-order chi connectivity index (χ0) is 12.7. The van der Waals surface area contributed by atoms with Gasteiger partial charge < -0.3 is 5.32 Å². The fourth-order valence-corrected chi connectivity index (χ4v) is 5.14. The van der Waals surface area contributed by atoms with Gasteiger partial charge in [0.25, 0.3) is 0 Å². The van der Waals surface area contributed by atoms with Crippen molar-refractivity contribution in [3.8, 4) is 0 Å². The Morgan fingerprint density at radius 2 is 2.11 bits per heavy atom. The minimum absolute atomic E-state index is 0.671. The molecule has 3 unspecified atom stereocenters. The topological polar surface area (TPSA) is 15.3 Å². The number of hydrogen-bond donors (Lipinski definition) is 1. The average molecular weight is 274 g/mol. The van der Waals surface area contributed by atoms with Gasteiger partial charge in [-0.1, -0.05) is 18.2 Å². The summed E-state index contributed by atoms with van der Waals surface area (Å²) in [5.74, 6) is 2.18. The molecule has 3 aliphatic rings. The van der Waals surface area contributed by atoms with Gasteiger partial charge in [-0.15, -0.1) is 11.8 Å². The van der Waals surface area contributed by atoms with Gasteiger partial charge in [0.2, 0.25) is 0 Å². The second kappa shape index (κ2) is 5.12. The molecule has 1 N–H and O–H groups in total. The normalized spacial score (nSPS) is 34.8. The lowest BCUT2D eigenvalue weighted by Crippen LogP contribution is -2.41. The van der Waals surface area contributed by atoms with Crippen LogP contribution in [-0.2, 0) is 0 Å². The van der Waals surface area contributed by atoms with E-state index in [0.29, 0.717) is 6.04 Å². The van der Waals surface area contributed by atoms with Crippen molar-refractivity contribution in [2.75, 3.05) is 25.4 Å². The Labute approximate surface area is 119 Å². The van der Waals surface area contributed by atoms with Gasteiger partial charge in [-0.25, -0.2) is 0 Å². The Bertz CT molecular complexity index is 448. The standard InChI is InChI=1S/C16H22N2S/c1-2-6-16-13(5-1)15(7-9-19-16)18-10-12-4-3-8-17-14(12)11-18/h1-2,5-6,12,14-15,17H,3-4,7-11H2. The average Bonchev–Trinajstić information content (AvgIpc) is 2.90. The van der Waals surface area contributed by atoms with E-state index >= 15 is 0 Å². The number of rotatable bonds is 1. The molecule has 0 radical (unpaired) electrons. The van der Waals surface area contributed by atoms with Crippen LogP contribution in [0, 0.1) is 5.92 Å². The molecule has 0 bridgehead atoms. The maximum atomic E-state index is 3.73. The van der Waals surface area contributed by atoms with E-state index in [1.54, 1.807) is 5.56 Å². The van der Waals surface area contributed by atoms with Crippen LogP contribution in [0.2, 0.25) is 0 Å². The van der Waals surface area contributed by atoms with E-state index in [9.17, 15) is 0 Å². The largest absolute Gasteiger partial charge is 0.312 e. The summed E-state index contributed by atoms with van der Waals surface area (Å²) in [5.41, 5.74) is 1.58. The fraction of sp³-hybridized carbons (Fsp3) is 0.625. The van der Waals surface area contributed by atoms with Gasteiger partial charge in [0.1, 0.15) is 0 Å². The van der Waals surface area contributed by atoms with E-state index in [1.165, 1.54) is 49.5 Å². The van der Waals surface area contributed by atoms with Crippen molar-refractivity contribution in [3.63, 3.8) is 0 Å². The van der Waals surface area contributed by atoms with Gasteiger partial charge in [0.15, 0.2) is 0 Å². The minimum atomic E-state index is 0.671. The molecule has 3 heterocycles. The molecule has 3 atom stereocenters. The molecular weight excluding hydrogens is 252 g/mol. The second-order valence-electron chi connectivity index (χ2n) is 6.11. The summed E-state index contributed by atoms with van der Waals surface area (Å²) in [4.78, 5) is 4.27. The van der Waals surface area contributed by atoms with Gasteiger partial charge in [-0.05, 0) is 49.1 Å². The highest BCUT2D eigenvalue weighted by Gasteiger charge is 2.38. The third kappa shape index (κ3) is 2.22. The predicted molar refractivity (Wildman–Crippen MR) is 80.6 cm³/mol. The van der Waals surface area contributed by atoms with Crippen molar-refractivity contribution in [1.29, 1.82) is 0 Å². The molecule has 4 rings (SSSR count). The molecule has 0 spiro atoms. The van der Waals surface area contributed by atoms with E-state index in [-0.39, 0.29) is 0 Å². The van der Waals surface area contributed by atoms with E-state index < -0.39 is 0 Å². The molecule has 102 valence electrons. The van der Waals surface area contributed by atoms with E-state index in [2.05, 4.69) is 34.5 Å². The van der Waals surface area contributed by atoms with Crippen LogP contribution < -0.4 is 5.32 Å². The quantitative estimate of drug-likeness (QED) is 0.848. The van der Waals surface area contributed by atoms with E-state index in [4.69, 9.17) is 0 Å². The number of fused-ring (bicyclic) bond motifs is 2. The summed E-state index contributed by atoms with van der Waals surface area (Å²) >= 11 is 2.03. The highest BCUT2D eigenvalue weighted by atomic mass is 32.2. The van der Waals surface area contributed by atoms with Gasteiger partial charge in [-0.3, -0.25) is 4.90 Å². The molecule has 1 aromatic rings. The van der Waals surface area contributed by atoms with Gasteiger partial charge >= 0.3 is 0 Å². The molecule has 3 heteroatoms. The number of nitrogens with zero attached hydrogens (tertiary/aromatic N) is 1. The number of piperidine rings is 1. The maximum Gasteiger partial charge on any atom is 0.0367 e. The van der Waals surface area contributed by atoms with Crippen LogP contribution in [0.25, 0.3) is 0 Å². The highest BCUT2D eigenvalue weighted by molar-refractivity contribution is 7.99. The van der Waals surface area contributed by atoms with Crippen LogP contribution in [-0.4, -0.2) is 36.3 Å². The molecule has 0 aromatic heterocycles. The first-order valence-electron chi connectivity index (χ1n) is 7.61. The SMILES string of the molecule is c1ccc2c(c1)SCCC2N1CC2CCCNC2C1. The number of hydrogen-bond acceptors (Lipinski definition) is 3. The molecule has 2 saturated heterocycles. The zero-order valence-corrected chi connectivity index (χ0v) is 12.2. The third-order valence-electron chi connectivity index (χ3n) is 5.00. The third-order valence-corrected chi connectivity index (χ3v) is 6.12. The van der Waals surface area contributed by atoms with Crippen molar-refractivity contribution < 1.29 is 0 Å². The van der Waals surface area contributed by atoms with E-state index in [0.717, 1.165) is 12.0 Å². The lowest BCUT2D eigenvalue weighted by atomic mass is 9.94. The number of likely N-dealkylation sites (tertiary alicyclic amines) is 1. The fourth-order valence-electron chi connectivity index (χ4n) is 4.04. The van der Waals surface area contributed by atoms with Crippen molar-refractivity contribution in [2.45, 2.75) is 36.2 Å². The molecular formula is C16H22N2S. The summed E-state index contributed by atoms with van der Waals surface area (Å²) in [6.07, 6.45) is 4.12. The van der Waals surface area contributed by atoms with Crippen LogP contribution in [0.4, 0.5) is 0 Å². The maximum absolute atomic E-state index is 3.73. The Morgan fingerprint density at radius 3 is 3.05 bits per heavy atom. The monoisotopic (exact) mass is 274 g/mol. The van der Waals surface area contributed by atoms with Gasteiger partial charge in [-0.2, -0.15) is 0 Å². The van der Waals surface area contributed by atoms with Gasteiger partial charge in [0.05, 0.1) is 0 Å². The van der Waals surface area contributed by atoms with Crippen molar-refractivity contribution in [1.82, 2.24) is 10.2 Å². The first-order chi connectivity index (χ1) is 9.42. The summed E-state index contributed by atoms with van der Waals surface area (Å²) in [7, 11) is 0. The molecule has 19 heavy (non-hydrogen) atoms. The predicted octanol–water partition coefficient (Wildman–Crippen LogP) is 2.91. The first-order valence-corrected chi connectivity index (χ1v) is 8.59. The Balaban J connectivity index is 1.57. The number of thioether (sulfide) groups is 1. The summed E-state index contributed by atoms with van der Waals surface area (Å²) < 4.78 is 0. The van der Waals surface area contributed by atoms with Crippen LogP contribution >= 0.6 is 11.8 Å². The Morgan fingerprint density at radius 1 is 1.16 bits per heavy atom. The van der Waals surface area contributed by atoms with Crippen LogP contribution in [0.15, 0.2) is 29.2 Å². The first kappa shape index (κ1) is 12.2. The Hall–Kier alpha value is -0.510. The molecule has 2 fully saturated rings. The molecule has 2 nitrogen and oxygen atoms in total. The highest BCUT2D eigenvalue weighted by Crippen LogP contribution is 2.41. The van der Waals surface area contributed by atoms with Crippen LogP contribution in [0.3, 0.4) is 0 Å². The number of nitrogens with one attached hydrogen (secondary N) is 1. The van der Waals surface area contributed by atoms with Crippen molar-refractivity contribution in [3.05, 3.63) is 29.8 Å². The lowest BCUT2D eigenvalue weighted by molar-refractivity contribution is 0.225. The minimum Gasteiger partial charge on any atom is -0.312 e. The zero-order valence-electron chi connectivity index (χ0n) is 11.3. The van der Waals surface area contributed by atoms with Crippen molar-refractivity contribution in [2.24, 2.45) is 5.92 Å². The smallest absolute Gasteiger partial charge is 0.0367 e.